The van der Waals surface area contributed by atoms with Crippen LogP contribution in [0.25, 0.3) is 16.5 Å². The number of alkyl halides is 2. The van der Waals surface area contributed by atoms with E-state index in [-0.39, 0.29) is 53.2 Å². The molecule has 0 spiro atoms. The van der Waals surface area contributed by atoms with Crippen molar-refractivity contribution in [2.75, 3.05) is 49.6 Å². The summed E-state index contributed by atoms with van der Waals surface area (Å²) in [6.45, 7) is 4.47. The number of halogens is 2. The molecule has 1 aromatic carbocycles. The third-order valence-electron chi connectivity index (χ3n) is 12.8. The number of likely N-dealkylation sites (tertiary alicyclic amines) is 1. The second-order valence-electron chi connectivity index (χ2n) is 16.7. The molecule has 17 heteroatoms. The van der Waals surface area contributed by atoms with Crippen molar-refractivity contribution < 1.29 is 37.1 Å². The Morgan fingerprint density at radius 2 is 1.93 bits per heavy atom. The highest BCUT2D eigenvalue weighted by atomic mass is 19.3. The van der Waals surface area contributed by atoms with E-state index in [0.29, 0.717) is 49.9 Å². The van der Waals surface area contributed by atoms with Gasteiger partial charge in [-0.2, -0.15) is 5.10 Å². The first-order chi connectivity index (χ1) is 29.7. The molecule has 3 atom stereocenters. The maximum absolute atomic E-state index is 14.2. The highest BCUT2D eigenvalue weighted by molar-refractivity contribution is 6.24. The molecule has 320 valence electrons. The van der Waals surface area contributed by atoms with E-state index in [0.717, 1.165) is 87.3 Å². The minimum Gasteiger partial charge on any atom is -0.464 e. The smallest absolute Gasteiger partial charge is 0.284 e. The van der Waals surface area contributed by atoms with Crippen LogP contribution in [0.2, 0.25) is 0 Å². The van der Waals surface area contributed by atoms with Gasteiger partial charge < -0.3 is 34.7 Å². The summed E-state index contributed by atoms with van der Waals surface area (Å²) >= 11 is 0. The predicted molar refractivity (Wildman–Crippen MR) is 220 cm³/mol. The minimum absolute atomic E-state index is 0.0235. The van der Waals surface area contributed by atoms with Crippen LogP contribution in [0, 0.1) is 17.8 Å². The van der Waals surface area contributed by atoms with Crippen molar-refractivity contribution in [3.8, 4) is 11.8 Å². The SMILES string of the molecule is NC=C(C(=O)Nc1cn(C2CCC(CN3CCC(OCC#Cc4ccc5occ([C@@H]6CCC(=O)NC6=O)c5c4)CC3)CC2)nc1C(F)F)c1nccc(N2C[C@H]3C[C@@H]2CO3)n1. The van der Waals surface area contributed by atoms with Crippen molar-refractivity contribution in [3.05, 3.63) is 71.8 Å². The fraction of sp³-hybridized carbons (Fsp3) is 0.500. The van der Waals surface area contributed by atoms with Gasteiger partial charge in [0.05, 0.1) is 54.3 Å². The van der Waals surface area contributed by atoms with E-state index in [2.05, 4.69) is 47.3 Å². The van der Waals surface area contributed by atoms with E-state index < -0.39 is 23.9 Å². The van der Waals surface area contributed by atoms with Crippen molar-refractivity contribution in [1.29, 1.82) is 0 Å². The predicted octanol–water partition coefficient (Wildman–Crippen LogP) is 5.06. The Bertz CT molecular complexity index is 2370. The van der Waals surface area contributed by atoms with Crippen LogP contribution in [-0.4, -0.2) is 100 Å². The summed E-state index contributed by atoms with van der Waals surface area (Å²) in [6, 6.07) is 7.58. The number of nitrogens with two attached hydrogens (primary N) is 1. The third-order valence-corrected chi connectivity index (χ3v) is 12.8. The van der Waals surface area contributed by atoms with Crippen molar-refractivity contribution in [2.24, 2.45) is 11.7 Å². The van der Waals surface area contributed by atoms with Crippen LogP contribution in [0.3, 0.4) is 0 Å². The van der Waals surface area contributed by atoms with E-state index in [1.54, 1.807) is 23.2 Å². The number of nitrogens with zero attached hydrogens (tertiary/aromatic N) is 6. The van der Waals surface area contributed by atoms with Gasteiger partial charge in [-0.15, -0.1) is 0 Å². The number of benzene rings is 1. The highest BCUT2D eigenvalue weighted by Crippen LogP contribution is 2.37. The number of amides is 3. The second-order valence-corrected chi connectivity index (χ2v) is 16.7. The Morgan fingerprint density at radius 3 is 2.67 bits per heavy atom. The molecule has 61 heavy (non-hydrogen) atoms. The summed E-state index contributed by atoms with van der Waals surface area (Å²) in [4.78, 5) is 51.0. The number of carbonyl (C=O) groups excluding carboxylic acids is 3. The number of fused-ring (bicyclic) bond motifs is 3. The number of ether oxygens (including phenoxy) is 2. The van der Waals surface area contributed by atoms with Gasteiger partial charge in [0, 0.05) is 67.7 Å². The Balaban J connectivity index is 0.727. The zero-order valence-corrected chi connectivity index (χ0v) is 33.7. The molecule has 1 saturated carbocycles. The van der Waals surface area contributed by atoms with Gasteiger partial charge in [-0.1, -0.05) is 11.8 Å². The van der Waals surface area contributed by atoms with Crippen molar-refractivity contribution in [2.45, 2.75) is 94.4 Å². The van der Waals surface area contributed by atoms with Gasteiger partial charge >= 0.3 is 0 Å². The van der Waals surface area contributed by atoms with E-state index in [1.165, 1.54) is 6.20 Å². The fourth-order valence-corrected chi connectivity index (χ4v) is 9.51. The lowest BCUT2D eigenvalue weighted by Gasteiger charge is -2.36. The van der Waals surface area contributed by atoms with Gasteiger partial charge in [0.15, 0.2) is 11.5 Å². The zero-order chi connectivity index (χ0) is 42.0. The molecule has 4 aliphatic heterocycles. The number of rotatable bonds is 11. The number of hydrogen-bond acceptors (Lipinski definition) is 12. The number of furan rings is 1. The fourth-order valence-electron chi connectivity index (χ4n) is 9.51. The van der Waals surface area contributed by atoms with E-state index >= 15 is 0 Å². The maximum atomic E-state index is 14.2. The standard InChI is InChI=1S/C44H49F2N9O6/c45-41(46)40-36(49-44(58)34(20-47)42-48-14-11-38(50-42)54-22-31-19-29(54)24-60-31)23-55(52-40)28-6-3-27(4-7-28)21-53-15-12-30(13-16-53)59-17-1-2-26-5-9-37-33(18-26)35(25-61-37)32-8-10-39(56)51-43(32)57/h5,9,11,14,18,20,23,25,27-32,41H,3-4,6-8,10,12-13,15-17,19,21-22,24,47H2,(H,49,58)(H,51,56,57)/t27?,28?,29-,31-,32+/m1/s1. The lowest BCUT2D eigenvalue weighted by atomic mass is 9.85. The number of morpholine rings is 1. The number of piperidine rings is 2. The molecule has 5 aliphatic rings. The molecule has 3 amide bonds. The molecule has 5 fully saturated rings. The first-order valence-corrected chi connectivity index (χ1v) is 21.2. The molecule has 9 rings (SSSR count). The van der Waals surface area contributed by atoms with Crippen LogP contribution in [0.5, 0.6) is 0 Å². The largest absolute Gasteiger partial charge is 0.464 e. The van der Waals surface area contributed by atoms with Crippen LogP contribution in [0.15, 0.2) is 53.5 Å². The number of aromatic nitrogens is 4. The van der Waals surface area contributed by atoms with E-state index in [4.69, 9.17) is 19.6 Å². The molecule has 0 unspecified atom stereocenters. The Kier molecular flexibility index (Phi) is 11.8. The number of nitrogens with one attached hydrogen (secondary N) is 2. The van der Waals surface area contributed by atoms with Crippen molar-refractivity contribution in [3.63, 3.8) is 0 Å². The molecule has 1 aliphatic carbocycles. The highest BCUT2D eigenvalue weighted by Gasteiger charge is 2.40. The molecule has 15 nitrogen and oxygen atoms in total. The Hall–Kier alpha value is -5.70. The number of hydrogen-bond donors (Lipinski definition) is 3. The van der Waals surface area contributed by atoms with Crippen LogP contribution < -0.4 is 21.3 Å². The molecule has 4 N–H and O–H groups in total. The Morgan fingerprint density at radius 1 is 1.10 bits per heavy atom. The molecule has 3 aromatic heterocycles. The van der Waals surface area contributed by atoms with Gasteiger partial charge in [0.25, 0.3) is 12.3 Å². The Labute approximate surface area is 351 Å². The summed E-state index contributed by atoms with van der Waals surface area (Å²) < 4.78 is 47.6. The summed E-state index contributed by atoms with van der Waals surface area (Å²) in [5.41, 5.74) is 7.54. The molecule has 4 saturated heterocycles. The van der Waals surface area contributed by atoms with E-state index in [1.807, 2.05) is 18.2 Å². The number of anilines is 2. The van der Waals surface area contributed by atoms with E-state index in [9.17, 15) is 23.2 Å². The number of imide groups is 1. The summed E-state index contributed by atoms with van der Waals surface area (Å²) in [7, 11) is 0. The van der Waals surface area contributed by atoms with Crippen LogP contribution in [0.1, 0.15) is 98.8 Å². The third kappa shape index (κ3) is 8.88. The zero-order valence-electron chi connectivity index (χ0n) is 33.7. The average Bonchev–Trinajstić information content (AvgIpc) is 4.09. The second kappa shape index (κ2) is 17.7. The van der Waals surface area contributed by atoms with Crippen molar-refractivity contribution in [1.82, 2.24) is 30.0 Å². The van der Waals surface area contributed by atoms with Crippen molar-refractivity contribution >= 4 is 45.8 Å². The van der Waals surface area contributed by atoms with Gasteiger partial charge in [0.2, 0.25) is 11.8 Å². The monoisotopic (exact) mass is 837 g/mol. The summed E-state index contributed by atoms with van der Waals surface area (Å²) in [5.74, 6) is 5.90. The molecule has 0 radical (unpaired) electrons. The maximum Gasteiger partial charge on any atom is 0.284 e. The topological polar surface area (TPSA) is 183 Å². The molecule has 4 aromatic rings. The lowest BCUT2D eigenvalue weighted by molar-refractivity contribution is -0.134. The van der Waals surface area contributed by atoms with Crippen LogP contribution in [0.4, 0.5) is 20.3 Å². The average molecular weight is 838 g/mol. The van der Waals surface area contributed by atoms with Crippen LogP contribution in [-0.2, 0) is 23.9 Å². The van der Waals surface area contributed by atoms with Gasteiger partial charge in [-0.3, -0.25) is 24.4 Å². The molecular formula is C44H49F2N9O6. The summed E-state index contributed by atoms with van der Waals surface area (Å²) in [5, 5.41) is 10.1. The van der Waals surface area contributed by atoms with Gasteiger partial charge in [-0.25, -0.2) is 18.7 Å². The molecule has 2 bridgehead atoms. The lowest BCUT2D eigenvalue weighted by Crippen LogP contribution is -2.40. The summed E-state index contributed by atoms with van der Waals surface area (Å²) in [6.07, 6.45) is 10.1. The number of carbonyl (C=O) groups is 3. The minimum atomic E-state index is -2.89. The first-order valence-electron chi connectivity index (χ1n) is 21.2. The molecular weight excluding hydrogens is 789 g/mol. The van der Waals surface area contributed by atoms with Gasteiger partial charge in [0.1, 0.15) is 18.0 Å². The first kappa shape index (κ1) is 40.7. The van der Waals surface area contributed by atoms with Crippen LogP contribution >= 0.6 is 0 Å². The quantitative estimate of drug-likeness (QED) is 0.104. The molecule has 7 heterocycles. The normalized spacial score (nSPS) is 24.9. The van der Waals surface area contributed by atoms with Gasteiger partial charge in [-0.05, 0) is 81.5 Å².